The summed E-state index contributed by atoms with van der Waals surface area (Å²) >= 11 is 0. The van der Waals surface area contributed by atoms with E-state index in [1.165, 1.54) is 20.3 Å². The molecule has 9 heteroatoms. The first kappa shape index (κ1) is 23.1. The Labute approximate surface area is 186 Å². The molecular formula is C23H23NO7S. The zero-order chi connectivity index (χ0) is 23.1. The molecule has 0 fully saturated rings. The van der Waals surface area contributed by atoms with Crippen molar-refractivity contribution < 1.29 is 32.2 Å². The minimum Gasteiger partial charge on any atom is -0.497 e. The quantitative estimate of drug-likeness (QED) is 0.492. The number of nitrogens with one attached hydrogen (secondary N) is 1. The second-order valence-corrected chi connectivity index (χ2v) is 8.96. The van der Waals surface area contributed by atoms with Gasteiger partial charge in [0.25, 0.3) is 5.91 Å². The first-order chi connectivity index (χ1) is 15.3. The molecule has 0 aliphatic heterocycles. The Hall–Kier alpha value is -3.59. The molecule has 0 unspecified atom stereocenters. The number of sulfone groups is 1. The van der Waals surface area contributed by atoms with E-state index in [1.807, 2.05) is 24.3 Å². The van der Waals surface area contributed by atoms with E-state index in [-0.39, 0.29) is 11.3 Å². The van der Waals surface area contributed by atoms with Crippen molar-refractivity contribution in [3.63, 3.8) is 0 Å². The van der Waals surface area contributed by atoms with Crippen molar-refractivity contribution in [2.45, 2.75) is 11.3 Å². The third kappa shape index (κ3) is 5.76. The zero-order valence-corrected chi connectivity index (χ0v) is 18.5. The number of rotatable bonds is 9. The summed E-state index contributed by atoms with van der Waals surface area (Å²) in [5.41, 5.74) is 0.383. The topological polar surface area (TPSA) is 108 Å². The number of fused-ring (bicyclic) bond motifs is 1. The van der Waals surface area contributed by atoms with E-state index in [1.54, 1.807) is 30.3 Å². The molecule has 0 spiro atoms. The Kier molecular flexibility index (Phi) is 7.32. The van der Waals surface area contributed by atoms with Crippen LogP contribution in [-0.2, 0) is 24.2 Å². The van der Waals surface area contributed by atoms with Crippen LogP contribution in [0.5, 0.6) is 11.5 Å². The number of ether oxygens (including phenoxy) is 3. The van der Waals surface area contributed by atoms with Crippen LogP contribution >= 0.6 is 0 Å². The molecule has 168 valence electrons. The average molecular weight is 458 g/mol. The van der Waals surface area contributed by atoms with Gasteiger partial charge >= 0.3 is 5.97 Å². The summed E-state index contributed by atoms with van der Waals surface area (Å²) in [4.78, 5) is 24.2. The zero-order valence-electron chi connectivity index (χ0n) is 17.7. The fourth-order valence-corrected chi connectivity index (χ4v) is 4.26. The summed E-state index contributed by atoms with van der Waals surface area (Å²) in [5, 5.41) is 4.28. The number of carbonyl (C=O) groups excluding carboxylic acids is 2. The van der Waals surface area contributed by atoms with Crippen LogP contribution in [0.3, 0.4) is 0 Å². The van der Waals surface area contributed by atoms with Gasteiger partial charge in [-0.3, -0.25) is 9.59 Å². The van der Waals surface area contributed by atoms with Crippen molar-refractivity contribution >= 4 is 38.2 Å². The van der Waals surface area contributed by atoms with Crippen molar-refractivity contribution in [2.24, 2.45) is 0 Å². The van der Waals surface area contributed by atoms with Gasteiger partial charge in [0.15, 0.2) is 16.4 Å². The summed E-state index contributed by atoms with van der Waals surface area (Å²) in [6, 6.07) is 17.0. The van der Waals surface area contributed by atoms with Crippen LogP contribution in [0.25, 0.3) is 10.8 Å². The van der Waals surface area contributed by atoms with Gasteiger partial charge in [0, 0.05) is 6.07 Å². The van der Waals surface area contributed by atoms with Gasteiger partial charge in [0.1, 0.15) is 11.5 Å². The Balaban J connectivity index is 1.52. The molecule has 3 aromatic rings. The fourth-order valence-electron chi connectivity index (χ4n) is 3.00. The van der Waals surface area contributed by atoms with Crippen molar-refractivity contribution in [2.75, 3.05) is 31.9 Å². The van der Waals surface area contributed by atoms with E-state index in [0.29, 0.717) is 17.2 Å². The van der Waals surface area contributed by atoms with E-state index in [9.17, 15) is 18.0 Å². The van der Waals surface area contributed by atoms with Gasteiger partial charge in [-0.1, -0.05) is 30.3 Å². The van der Waals surface area contributed by atoms with Crippen LogP contribution in [-0.4, -0.2) is 46.9 Å². The molecular weight excluding hydrogens is 434 g/mol. The lowest BCUT2D eigenvalue weighted by Gasteiger charge is -2.12. The standard InChI is InChI=1S/C23H23NO7S/c1-29-18-8-10-20(21(14-18)30-2)24-22(25)15-31-23(26)11-12-32(27,28)19-9-7-16-5-3-4-6-17(16)13-19/h3-10,13-14H,11-12,15H2,1-2H3,(H,24,25). The second-order valence-electron chi connectivity index (χ2n) is 6.85. The monoisotopic (exact) mass is 457 g/mol. The molecule has 0 heterocycles. The van der Waals surface area contributed by atoms with Crippen molar-refractivity contribution in [1.82, 2.24) is 0 Å². The third-order valence-electron chi connectivity index (χ3n) is 4.70. The first-order valence-corrected chi connectivity index (χ1v) is 11.4. The van der Waals surface area contributed by atoms with E-state index in [2.05, 4.69) is 5.32 Å². The summed E-state index contributed by atoms with van der Waals surface area (Å²) in [7, 11) is -0.728. The molecule has 1 N–H and O–H groups in total. The van der Waals surface area contributed by atoms with E-state index in [4.69, 9.17) is 14.2 Å². The molecule has 0 saturated heterocycles. The number of benzene rings is 3. The van der Waals surface area contributed by atoms with Gasteiger partial charge < -0.3 is 19.5 Å². The lowest BCUT2D eigenvalue weighted by atomic mass is 10.1. The van der Waals surface area contributed by atoms with Crippen LogP contribution in [0.2, 0.25) is 0 Å². The Morgan fingerprint density at radius 1 is 0.906 bits per heavy atom. The SMILES string of the molecule is COc1ccc(NC(=O)COC(=O)CCS(=O)(=O)c2ccc3ccccc3c2)c(OC)c1. The number of amides is 1. The normalized spacial score (nSPS) is 11.1. The molecule has 3 aromatic carbocycles. The largest absolute Gasteiger partial charge is 0.497 e. The van der Waals surface area contributed by atoms with Crippen LogP contribution in [0.1, 0.15) is 6.42 Å². The molecule has 32 heavy (non-hydrogen) atoms. The summed E-state index contributed by atoms with van der Waals surface area (Å²) in [6.07, 6.45) is -0.367. The highest BCUT2D eigenvalue weighted by Crippen LogP contribution is 2.29. The maximum Gasteiger partial charge on any atom is 0.307 e. The van der Waals surface area contributed by atoms with Crippen LogP contribution < -0.4 is 14.8 Å². The number of esters is 1. The lowest BCUT2D eigenvalue weighted by Crippen LogP contribution is -2.22. The van der Waals surface area contributed by atoms with Crippen LogP contribution in [0, 0.1) is 0 Å². The smallest absolute Gasteiger partial charge is 0.307 e. The Morgan fingerprint density at radius 3 is 2.38 bits per heavy atom. The summed E-state index contributed by atoms with van der Waals surface area (Å²) in [6.45, 7) is -0.552. The molecule has 0 radical (unpaired) electrons. The fraction of sp³-hybridized carbons (Fsp3) is 0.217. The van der Waals surface area contributed by atoms with E-state index < -0.39 is 34.1 Å². The maximum atomic E-state index is 12.6. The molecule has 0 aromatic heterocycles. The lowest BCUT2D eigenvalue weighted by molar-refractivity contribution is -0.146. The molecule has 0 saturated carbocycles. The predicted molar refractivity (Wildman–Crippen MR) is 120 cm³/mol. The highest BCUT2D eigenvalue weighted by atomic mass is 32.2. The first-order valence-electron chi connectivity index (χ1n) is 9.71. The third-order valence-corrected chi connectivity index (χ3v) is 6.42. The molecule has 0 atom stereocenters. The maximum absolute atomic E-state index is 12.6. The Bertz CT molecular complexity index is 1240. The average Bonchev–Trinajstić information content (AvgIpc) is 2.81. The molecule has 8 nitrogen and oxygen atoms in total. The van der Waals surface area contributed by atoms with Crippen molar-refractivity contribution in [3.05, 3.63) is 60.7 Å². The predicted octanol–water partition coefficient (Wildman–Crippen LogP) is 3.20. The van der Waals surface area contributed by atoms with Crippen molar-refractivity contribution in [1.29, 1.82) is 0 Å². The summed E-state index contributed by atoms with van der Waals surface area (Å²) in [5.74, 6) is -0.854. The molecule has 0 aliphatic carbocycles. The van der Waals surface area contributed by atoms with Gasteiger partial charge in [-0.15, -0.1) is 0 Å². The number of methoxy groups -OCH3 is 2. The number of hydrogen-bond donors (Lipinski definition) is 1. The molecule has 3 rings (SSSR count). The minimum atomic E-state index is -3.68. The van der Waals surface area contributed by atoms with Gasteiger partial charge in [-0.05, 0) is 35.0 Å². The van der Waals surface area contributed by atoms with Crippen molar-refractivity contribution in [3.8, 4) is 11.5 Å². The van der Waals surface area contributed by atoms with E-state index >= 15 is 0 Å². The highest BCUT2D eigenvalue weighted by Gasteiger charge is 2.18. The minimum absolute atomic E-state index is 0.133. The highest BCUT2D eigenvalue weighted by molar-refractivity contribution is 7.91. The molecule has 1 amide bonds. The van der Waals surface area contributed by atoms with Crippen LogP contribution in [0.4, 0.5) is 5.69 Å². The van der Waals surface area contributed by atoms with Crippen LogP contribution in [0.15, 0.2) is 65.6 Å². The van der Waals surface area contributed by atoms with Gasteiger partial charge in [0.2, 0.25) is 0 Å². The van der Waals surface area contributed by atoms with Gasteiger partial charge in [-0.2, -0.15) is 0 Å². The second kappa shape index (κ2) is 10.1. The Morgan fingerprint density at radius 2 is 1.66 bits per heavy atom. The van der Waals surface area contributed by atoms with E-state index in [0.717, 1.165) is 10.8 Å². The van der Waals surface area contributed by atoms with Gasteiger partial charge in [-0.25, -0.2) is 8.42 Å². The summed E-state index contributed by atoms with van der Waals surface area (Å²) < 4.78 is 40.3. The number of anilines is 1. The number of hydrogen-bond acceptors (Lipinski definition) is 7. The number of carbonyl (C=O) groups is 2. The van der Waals surface area contributed by atoms with Gasteiger partial charge in [0.05, 0.1) is 37.0 Å². The molecule has 0 aliphatic rings. The molecule has 0 bridgehead atoms.